The summed E-state index contributed by atoms with van der Waals surface area (Å²) in [5.41, 5.74) is 38.9. The highest BCUT2D eigenvalue weighted by Crippen LogP contribution is 2.58. The van der Waals surface area contributed by atoms with Crippen LogP contribution in [0.15, 0.2) is 491 Å². The molecule has 0 amide bonds. The first kappa shape index (κ1) is 89.8. The van der Waals surface area contributed by atoms with E-state index in [0.717, 1.165) is 83.5 Å². The molecule has 696 valence electrons. The molecule has 27 rings (SSSR count). The van der Waals surface area contributed by atoms with Crippen LogP contribution in [0.5, 0.6) is 0 Å². The lowest BCUT2D eigenvalue weighted by Crippen LogP contribution is -2.15. The SMILES string of the molecule is CC1(C)c2cc3ccccc3cc2-c2c(-c3cccc(-c4cccc(-c5nc(-c6ccccc6)nc(-c6ccccc6)n5)c4)c3)cccc21.CC1(C)c2cccc(-c3cccc(-c4cccc(-c5nc(-c6ccccc6)nc(-c6ccccc6)n5)c4)c3)c2-c2c1ccc1ccccc21.CC1(C)c2cccc(-c3cccc(-c4cccc(-c5nc(-c6ccccc6)nc(-c6ccccc6)n5)c4)c3)c2-c2ccc3ccccc3c21. The van der Waals surface area contributed by atoms with Crippen LogP contribution < -0.4 is 0 Å². The van der Waals surface area contributed by atoms with Gasteiger partial charge in [-0.2, -0.15) is 0 Å². The fourth-order valence-corrected chi connectivity index (χ4v) is 22.3. The highest BCUT2D eigenvalue weighted by Gasteiger charge is 2.42. The molecule has 3 aliphatic rings. The van der Waals surface area contributed by atoms with Crippen LogP contribution in [0.25, 0.3) is 235 Å². The van der Waals surface area contributed by atoms with Gasteiger partial charge in [-0.15, -0.1) is 0 Å². The van der Waals surface area contributed by atoms with Crippen LogP contribution in [0.2, 0.25) is 0 Å². The quantitative estimate of drug-likeness (QED) is 0.0989. The van der Waals surface area contributed by atoms with Crippen LogP contribution in [0.4, 0.5) is 0 Å². The number of rotatable bonds is 15. The van der Waals surface area contributed by atoms with Crippen molar-refractivity contribution in [1.82, 2.24) is 44.9 Å². The minimum Gasteiger partial charge on any atom is -0.208 e. The first-order valence-electron chi connectivity index (χ1n) is 50.4. The van der Waals surface area contributed by atoms with Gasteiger partial charge in [0.1, 0.15) is 0 Å². The van der Waals surface area contributed by atoms with Gasteiger partial charge in [-0.3, -0.25) is 0 Å². The summed E-state index contributed by atoms with van der Waals surface area (Å²) in [4.78, 5) is 44.5. The normalized spacial score (nSPS) is 12.9. The van der Waals surface area contributed by atoms with Crippen molar-refractivity contribution in [1.29, 1.82) is 0 Å². The second-order valence-corrected chi connectivity index (χ2v) is 39.8. The van der Waals surface area contributed by atoms with E-state index >= 15 is 0 Å². The van der Waals surface area contributed by atoms with Crippen molar-refractivity contribution in [2.75, 3.05) is 0 Å². The summed E-state index contributed by atoms with van der Waals surface area (Å²) < 4.78 is 0. The van der Waals surface area contributed by atoms with E-state index in [4.69, 9.17) is 44.9 Å². The van der Waals surface area contributed by atoms with E-state index in [1.54, 1.807) is 0 Å². The molecule has 9 nitrogen and oxygen atoms in total. The van der Waals surface area contributed by atoms with E-state index in [1.165, 1.54) is 132 Å². The molecule has 21 aromatic carbocycles. The molecule has 0 saturated carbocycles. The number of hydrogen-bond donors (Lipinski definition) is 0. The summed E-state index contributed by atoms with van der Waals surface area (Å²) in [6.45, 7) is 14.1. The fourth-order valence-electron chi connectivity index (χ4n) is 22.3. The highest BCUT2D eigenvalue weighted by molar-refractivity contribution is 6.08. The third-order valence-corrected chi connectivity index (χ3v) is 29.7. The van der Waals surface area contributed by atoms with Crippen molar-refractivity contribution < 1.29 is 0 Å². The van der Waals surface area contributed by atoms with E-state index < -0.39 is 0 Å². The zero-order valence-corrected chi connectivity index (χ0v) is 82.3. The van der Waals surface area contributed by atoms with Crippen LogP contribution in [-0.4, -0.2) is 44.9 Å². The van der Waals surface area contributed by atoms with E-state index in [1.807, 2.05) is 182 Å². The Balaban J connectivity index is 0.000000115. The molecule has 0 bridgehead atoms. The first-order valence-corrected chi connectivity index (χ1v) is 50.4. The summed E-state index contributed by atoms with van der Waals surface area (Å²) in [5, 5.41) is 7.77. The van der Waals surface area contributed by atoms with Crippen molar-refractivity contribution >= 4 is 32.3 Å². The molecule has 3 heterocycles. The lowest BCUT2D eigenvalue weighted by atomic mass is 9.80. The zero-order chi connectivity index (χ0) is 98.9. The Morgan fingerprint density at radius 2 is 0.367 bits per heavy atom. The molecule has 0 saturated heterocycles. The van der Waals surface area contributed by atoms with Gasteiger partial charge in [0.15, 0.2) is 52.4 Å². The van der Waals surface area contributed by atoms with Gasteiger partial charge in [0, 0.05) is 66.3 Å². The lowest BCUT2D eigenvalue weighted by Gasteiger charge is -2.23. The molecule has 0 N–H and O–H groups in total. The maximum atomic E-state index is 4.98. The average molecular weight is 1880 g/mol. The topological polar surface area (TPSA) is 116 Å². The van der Waals surface area contributed by atoms with Crippen LogP contribution in [-0.2, 0) is 16.2 Å². The molecule has 0 spiro atoms. The Morgan fingerprint density at radius 3 is 0.735 bits per heavy atom. The summed E-state index contributed by atoms with van der Waals surface area (Å²) >= 11 is 0. The molecule has 147 heavy (non-hydrogen) atoms. The number of hydrogen-bond acceptors (Lipinski definition) is 9. The van der Waals surface area contributed by atoms with Crippen LogP contribution in [0, 0.1) is 0 Å². The van der Waals surface area contributed by atoms with Gasteiger partial charge in [0.2, 0.25) is 0 Å². The van der Waals surface area contributed by atoms with E-state index in [0.29, 0.717) is 52.4 Å². The number of fused-ring (bicyclic) bond motifs is 14. The van der Waals surface area contributed by atoms with Gasteiger partial charge in [-0.1, -0.05) is 484 Å². The maximum absolute atomic E-state index is 4.98. The number of nitrogens with zero attached hydrogens (tertiary/aromatic N) is 9. The van der Waals surface area contributed by atoms with Gasteiger partial charge < -0.3 is 0 Å². The molecular formula is C138H99N9. The summed E-state index contributed by atoms with van der Waals surface area (Å²) in [5.74, 6) is 5.90. The Hall–Kier alpha value is -18.6. The molecule has 0 aliphatic heterocycles. The predicted octanol–water partition coefficient (Wildman–Crippen LogP) is 35.0. The second-order valence-electron chi connectivity index (χ2n) is 39.8. The third kappa shape index (κ3) is 16.7. The van der Waals surface area contributed by atoms with Crippen molar-refractivity contribution in [3.63, 3.8) is 0 Å². The van der Waals surface area contributed by atoms with Crippen molar-refractivity contribution in [2.24, 2.45) is 0 Å². The van der Waals surface area contributed by atoms with Crippen LogP contribution in [0.3, 0.4) is 0 Å². The Morgan fingerprint density at radius 1 is 0.129 bits per heavy atom. The monoisotopic (exact) mass is 1880 g/mol. The van der Waals surface area contributed by atoms with Crippen LogP contribution in [0.1, 0.15) is 74.9 Å². The smallest absolute Gasteiger partial charge is 0.164 e. The maximum Gasteiger partial charge on any atom is 0.164 e. The molecule has 0 radical (unpaired) electrons. The highest BCUT2D eigenvalue weighted by atomic mass is 15.1. The molecule has 0 unspecified atom stereocenters. The second kappa shape index (κ2) is 37.4. The molecule has 24 aromatic rings. The molecule has 0 fully saturated rings. The van der Waals surface area contributed by atoms with Crippen molar-refractivity contribution in [2.45, 2.75) is 57.8 Å². The molecule has 3 aromatic heterocycles. The Kier molecular flexibility index (Phi) is 22.8. The fraction of sp³-hybridized carbons (Fsp3) is 0.0652. The molecule has 3 aliphatic carbocycles. The molecule has 9 heteroatoms. The average Bonchev–Trinajstić information content (AvgIpc) is 1.68. The third-order valence-electron chi connectivity index (χ3n) is 29.7. The predicted molar refractivity (Wildman–Crippen MR) is 606 cm³/mol. The minimum atomic E-state index is -0.102. The first-order chi connectivity index (χ1) is 72.1. The van der Waals surface area contributed by atoms with Gasteiger partial charge in [-0.05, 0) is 214 Å². The van der Waals surface area contributed by atoms with Gasteiger partial charge in [0.05, 0.1) is 0 Å². The summed E-state index contributed by atoms with van der Waals surface area (Å²) in [7, 11) is 0. The van der Waals surface area contributed by atoms with E-state index in [9.17, 15) is 0 Å². The summed E-state index contributed by atoms with van der Waals surface area (Å²) in [6, 6.07) is 174. The standard InChI is InChI=1S/3C46H33N3/c1-46(2)40-25-13-24-37(41(40)39-27-26-30-14-9-10-23-38(30)42(39)46)35-21-11-19-33(28-35)34-20-12-22-36(29-34)45-48-43(31-15-5-3-6-16-31)47-44(49-45)32-17-7-4-8-18-32;1-46(2)39-25-13-24-38(42(39)41-37-23-10-9-14-30(37)26-27-40(41)46)35-21-11-19-33(28-35)34-20-12-22-36(29-34)45-48-43(31-15-5-3-6-16-31)47-44(49-45)32-17-7-4-8-18-32;1-46(2)40-25-13-24-38(42(40)39-28-34-18-9-10-19-35(34)29-41(39)46)36-22-11-20-32(26-36)33-21-12-23-37(27-33)45-48-43(30-14-5-3-6-15-30)47-44(49-45)31-16-7-4-8-17-31/h3*3-29H,1-2H3. The van der Waals surface area contributed by atoms with Gasteiger partial charge in [0.25, 0.3) is 0 Å². The molecular weight excluding hydrogens is 1780 g/mol. The number of benzene rings is 21. The van der Waals surface area contributed by atoms with Crippen molar-refractivity contribution in [3.8, 4) is 203 Å². The Labute approximate surface area is 856 Å². The largest absolute Gasteiger partial charge is 0.208 e. The van der Waals surface area contributed by atoms with Gasteiger partial charge >= 0.3 is 0 Å². The minimum absolute atomic E-state index is 0.0849. The van der Waals surface area contributed by atoms with Gasteiger partial charge in [-0.25, -0.2) is 44.9 Å². The number of aromatic nitrogens is 9. The zero-order valence-electron chi connectivity index (χ0n) is 82.3. The molecule has 0 atom stereocenters. The van der Waals surface area contributed by atoms with E-state index in [2.05, 4.69) is 351 Å². The van der Waals surface area contributed by atoms with Crippen molar-refractivity contribution in [3.05, 3.63) is 525 Å². The lowest BCUT2D eigenvalue weighted by molar-refractivity contribution is 0.661. The van der Waals surface area contributed by atoms with E-state index in [-0.39, 0.29) is 16.2 Å². The summed E-state index contributed by atoms with van der Waals surface area (Å²) in [6.07, 6.45) is 0. The Bertz CT molecular complexity index is 8820. The van der Waals surface area contributed by atoms with Crippen LogP contribution >= 0.6 is 0 Å².